The van der Waals surface area contributed by atoms with Crippen LogP contribution in [-0.2, 0) is 35.3 Å². The number of aryl methyl sites for hydroxylation is 2. The Bertz CT molecular complexity index is 1560. The fraction of sp³-hybridized carbons (Fsp3) is 0.429. The first-order chi connectivity index (χ1) is 22.2. The number of imidazole rings is 1. The Labute approximate surface area is 267 Å². The van der Waals surface area contributed by atoms with Crippen LogP contribution in [0.15, 0.2) is 72.8 Å². The molecule has 2 aliphatic heterocycles. The topological polar surface area (TPSA) is 88.9 Å². The molecule has 11 heteroatoms. The van der Waals surface area contributed by atoms with Gasteiger partial charge in [-0.05, 0) is 67.0 Å². The van der Waals surface area contributed by atoms with E-state index in [1.54, 1.807) is 7.11 Å². The van der Waals surface area contributed by atoms with Crippen molar-refractivity contribution in [1.29, 1.82) is 0 Å². The number of methoxy groups -OCH3 is 1. The Kier molecular flexibility index (Phi) is 11.2. The maximum Gasteiger partial charge on any atom is 0.490 e. The molecule has 8 nitrogen and oxygen atoms in total. The molecule has 1 atom stereocenters. The van der Waals surface area contributed by atoms with Gasteiger partial charge in [-0.3, -0.25) is 0 Å². The van der Waals surface area contributed by atoms with Gasteiger partial charge in [-0.25, -0.2) is 9.78 Å². The number of piperidine rings is 1. The minimum Gasteiger partial charge on any atom is -0.497 e. The summed E-state index contributed by atoms with van der Waals surface area (Å²) in [6, 6.07) is 26.0. The van der Waals surface area contributed by atoms with E-state index >= 15 is 0 Å². The number of carbonyl (C=O) groups is 1. The first kappa shape index (κ1) is 33.3. The molecule has 46 heavy (non-hydrogen) atoms. The van der Waals surface area contributed by atoms with E-state index in [-0.39, 0.29) is 6.10 Å². The fourth-order valence-corrected chi connectivity index (χ4v) is 6.18. The van der Waals surface area contributed by atoms with Crippen molar-refractivity contribution in [2.75, 3.05) is 44.8 Å². The van der Waals surface area contributed by atoms with Gasteiger partial charge < -0.3 is 29.4 Å². The third kappa shape index (κ3) is 8.79. The molecule has 0 radical (unpaired) electrons. The van der Waals surface area contributed by atoms with Gasteiger partial charge in [0.2, 0.25) is 0 Å². The average molecular weight is 639 g/mol. The van der Waals surface area contributed by atoms with E-state index in [4.69, 9.17) is 24.4 Å². The molecule has 0 amide bonds. The molecule has 3 aromatic carbocycles. The van der Waals surface area contributed by atoms with Gasteiger partial charge in [0, 0.05) is 32.6 Å². The van der Waals surface area contributed by atoms with Crippen molar-refractivity contribution in [2.45, 2.75) is 50.9 Å². The zero-order chi connectivity index (χ0) is 32.5. The Hall–Kier alpha value is -4.09. The number of aromatic nitrogens is 2. The van der Waals surface area contributed by atoms with Crippen LogP contribution in [0.3, 0.4) is 0 Å². The molecule has 2 saturated heterocycles. The number of halogens is 3. The number of anilines is 1. The van der Waals surface area contributed by atoms with Crippen LogP contribution in [0.4, 0.5) is 18.9 Å². The highest BCUT2D eigenvalue weighted by molar-refractivity contribution is 5.89. The number of hydrogen-bond donors (Lipinski definition) is 2. The number of morpholine rings is 1. The second kappa shape index (κ2) is 15.5. The van der Waals surface area contributed by atoms with E-state index in [9.17, 15) is 13.2 Å². The largest absolute Gasteiger partial charge is 0.497 e. The molecule has 2 fully saturated rings. The predicted molar refractivity (Wildman–Crippen MR) is 172 cm³/mol. The maximum absolute atomic E-state index is 10.6. The predicted octanol–water partition coefficient (Wildman–Crippen LogP) is 5.91. The number of hydrogen-bond acceptors (Lipinski definition) is 6. The highest BCUT2D eigenvalue weighted by Crippen LogP contribution is 2.32. The number of nitrogens with zero attached hydrogens (tertiary/aromatic N) is 3. The number of rotatable bonds is 9. The summed E-state index contributed by atoms with van der Waals surface area (Å²) in [6.07, 6.45) is 0.485. The molecule has 0 saturated carbocycles. The van der Waals surface area contributed by atoms with Crippen molar-refractivity contribution >= 4 is 22.7 Å². The van der Waals surface area contributed by atoms with Gasteiger partial charge in [0.05, 0.1) is 37.6 Å². The summed E-state index contributed by atoms with van der Waals surface area (Å²) in [6.45, 7) is 5.55. The first-order valence-corrected chi connectivity index (χ1v) is 15.7. The second-order valence-corrected chi connectivity index (χ2v) is 11.8. The number of carboxylic acid groups (broad SMARTS) is 1. The molecule has 1 aromatic heterocycles. The molecule has 4 aromatic rings. The Morgan fingerprint density at radius 2 is 1.74 bits per heavy atom. The summed E-state index contributed by atoms with van der Waals surface area (Å²) in [4.78, 5) is 16.8. The summed E-state index contributed by atoms with van der Waals surface area (Å²) < 4.78 is 45.7. The lowest BCUT2D eigenvalue weighted by Crippen LogP contribution is -2.41. The van der Waals surface area contributed by atoms with Gasteiger partial charge in [-0.1, -0.05) is 48.5 Å². The Balaban J connectivity index is 0.000000537. The van der Waals surface area contributed by atoms with Gasteiger partial charge in [0.15, 0.2) is 0 Å². The monoisotopic (exact) mass is 638 g/mol. The number of nitrogens with one attached hydrogen (secondary N) is 1. The van der Waals surface area contributed by atoms with Crippen molar-refractivity contribution in [1.82, 2.24) is 14.9 Å². The molecule has 0 spiro atoms. The van der Waals surface area contributed by atoms with E-state index in [1.165, 1.54) is 41.6 Å². The number of fused-ring (bicyclic) bond motifs is 1. The van der Waals surface area contributed by atoms with Crippen molar-refractivity contribution in [3.63, 3.8) is 0 Å². The number of carboxylic acids is 1. The maximum atomic E-state index is 10.6. The average Bonchev–Trinajstić information content (AvgIpc) is 3.42. The number of aliphatic carboxylic acids is 1. The van der Waals surface area contributed by atoms with Crippen LogP contribution >= 0.6 is 0 Å². The van der Waals surface area contributed by atoms with E-state index < -0.39 is 12.1 Å². The summed E-state index contributed by atoms with van der Waals surface area (Å²) in [5.74, 6) is 0.0244. The van der Waals surface area contributed by atoms with E-state index in [0.29, 0.717) is 0 Å². The third-order valence-corrected chi connectivity index (χ3v) is 8.56. The third-order valence-electron chi connectivity index (χ3n) is 8.56. The number of ether oxygens (including phenoxy) is 2. The van der Waals surface area contributed by atoms with E-state index in [0.717, 1.165) is 75.2 Å². The lowest BCUT2D eigenvalue weighted by Gasteiger charge is -2.34. The van der Waals surface area contributed by atoms with Crippen LogP contribution in [0, 0.1) is 5.92 Å². The molecule has 2 N–H and O–H groups in total. The Morgan fingerprint density at radius 3 is 2.41 bits per heavy atom. The summed E-state index contributed by atoms with van der Waals surface area (Å²) in [7, 11) is 1.72. The molecular weight excluding hydrogens is 597 g/mol. The van der Waals surface area contributed by atoms with Crippen LogP contribution in [0.2, 0.25) is 0 Å². The molecule has 6 rings (SSSR count). The second-order valence-electron chi connectivity index (χ2n) is 11.8. The van der Waals surface area contributed by atoms with Crippen molar-refractivity contribution in [3.8, 4) is 5.75 Å². The standard InChI is InChI=1S/C33H40N4O2.C2HF3O2/c1-38-28-10-5-9-26(22-28)13-14-32-35-33-30(11-6-12-31(33)37(32)24-29-23-34-17-20-39-29)36-18-15-27(16-19-36)21-25-7-3-2-4-8-25;3-2(4,5)1(6)7/h2-12,22,27,29,34H,13-21,23-24H2,1H3;(H,6,7). The zero-order valence-corrected chi connectivity index (χ0v) is 26.0. The fourth-order valence-electron chi connectivity index (χ4n) is 6.18. The van der Waals surface area contributed by atoms with Crippen LogP contribution in [0.25, 0.3) is 11.0 Å². The van der Waals surface area contributed by atoms with Crippen LogP contribution in [0.5, 0.6) is 5.75 Å². The lowest BCUT2D eigenvalue weighted by atomic mass is 9.90. The number of benzene rings is 3. The molecule has 3 heterocycles. The van der Waals surface area contributed by atoms with E-state index in [2.05, 4.69) is 81.5 Å². The SMILES string of the molecule is COc1cccc(CCc2nc3c(N4CCC(Cc5ccccc5)CC4)cccc3n2CC2CNCCO2)c1.O=C(O)C(F)(F)F. The van der Waals surface area contributed by atoms with Crippen LogP contribution < -0.4 is 15.0 Å². The van der Waals surface area contributed by atoms with Gasteiger partial charge in [-0.15, -0.1) is 0 Å². The molecule has 1 unspecified atom stereocenters. The molecule has 246 valence electrons. The van der Waals surface area contributed by atoms with Crippen molar-refractivity contribution in [2.24, 2.45) is 5.92 Å². The van der Waals surface area contributed by atoms with E-state index in [1.807, 2.05) is 6.07 Å². The van der Waals surface area contributed by atoms with Crippen molar-refractivity contribution in [3.05, 3.63) is 89.7 Å². The first-order valence-electron chi connectivity index (χ1n) is 15.7. The van der Waals surface area contributed by atoms with Crippen molar-refractivity contribution < 1.29 is 32.5 Å². The minimum absolute atomic E-state index is 0.157. The molecular formula is C35H41F3N4O4. The molecule has 0 bridgehead atoms. The van der Waals surface area contributed by atoms with Gasteiger partial charge >= 0.3 is 12.1 Å². The molecule has 0 aliphatic carbocycles. The summed E-state index contributed by atoms with van der Waals surface area (Å²) >= 11 is 0. The van der Waals surface area contributed by atoms with Gasteiger partial charge in [0.1, 0.15) is 17.1 Å². The highest BCUT2D eigenvalue weighted by Gasteiger charge is 2.38. The normalized spacial score (nSPS) is 17.4. The smallest absolute Gasteiger partial charge is 0.490 e. The minimum atomic E-state index is -5.08. The van der Waals surface area contributed by atoms with Gasteiger partial charge in [-0.2, -0.15) is 13.2 Å². The summed E-state index contributed by atoms with van der Waals surface area (Å²) in [5, 5.41) is 10.6. The lowest BCUT2D eigenvalue weighted by molar-refractivity contribution is -0.192. The quantitative estimate of drug-likeness (QED) is 0.236. The van der Waals surface area contributed by atoms with Gasteiger partial charge in [0.25, 0.3) is 0 Å². The number of alkyl halides is 3. The van der Waals surface area contributed by atoms with Crippen LogP contribution in [-0.4, -0.2) is 72.8 Å². The zero-order valence-electron chi connectivity index (χ0n) is 26.0. The Morgan fingerprint density at radius 1 is 1.02 bits per heavy atom. The molecule has 2 aliphatic rings. The number of para-hydroxylation sites is 1. The highest BCUT2D eigenvalue weighted by atomic mass is 19.4. The summed E-state index contributed by atoms with van der Waals surface area (Å²) in [5.41, 5.74) is 6.34. The van der Waals surface area contributed by atoms with Crippen LogP contribution in [0.1, 0.15) is 29.8 Å².